The predicted molar refractivity (Wildman–Crippen MR) is 89.1 cm³/mol. The van der Waals surface area contributed by atoms with E-state index < -0.39 is 5.82 Å². The standard InChI is InChI=1S/C16H19FN6O2/c17-13-11-18-2-1-12(13)14-19-15(22-3-7-24-8-4-22)21-16(20-14)23-5-9-25-10-6-23/h1-2,11H,3-10H2. The highest BCUT2D eigenvalue weighted by atomic mass is 19.1. The van der Waals surface area contributed by atoms with Gasteiger partial charge >= 0.3 is 0 Å². The number of rotatable bonds is 3. The molecule has 132 valence electrons. The lowest BCUT2D eigenvalue weighted by Crippen LogP contribution is -2.40. The fourth-order valence-corrected chi connectivity index (χ4v) is 2.84. The fraction of sp³-hybridized carbons (Fsp3) is 0.500. The van der Waals surface area contributed by atoms with E-state index in [4.69, 9.17) is 9.47 Å². The first-order chi connectivity index (χ1) is 12.3. The maximum absolute atomic E-state index is 14.2. The Bertz CT molecular complexity index is 698. The van der Waals surface area contributed by atoms with Crippen LogP contribution in [0.2, 0.25) is 0 Å². The number of hydrogen-bond donors (Lipinski definition) is 0. The van der Waals surface area contributed by atoms with E-state index in [1.165, 1.54) is 12.4 Å². The third-order valence-electron chi connectivity index (χ3n) is 4.21. The topological polar surface area (TPSA) is 76.5 Å². The molecule has 9 heteroatoms. The van der Waals surface area contributed by atoms with Crippen molar-refractivity contribution in [2.24, 2.45) is 0 Å². The van der Waals surface area contributed by atoms with Crippen LogP contribution in [-0.4, -0.2) is 72.5 Å². The van der Waals surface area contributed by atoms with Crippen LogP contribution in [0, 0.1) is 5.82 Å². The van der Waals surface area contributed by atoms with Crippen molar-refractivity contribution in [3.8, 4) is 11.4 Å². The van der Waals surface area contributed by atoms with E-state index in [1.54, 1.807) is 6.07 Å². The molecule has 0 radical (unpaired) electrons. The van der Waals surface area contributed by atoms with Gasteiger partial charge in [-0.05, 0) is 6.07 Å². The Morgan fingerprint density at radius 1 is 0.840 bits per heavy atom. The van der Waals surface area contributed by atoms with Crippen molar-refractivity contribution in [1.29, 1.82) is 0 Å². The van der Waals surface area contributed by atoms with Crippen LogP contribution in [0.4, 0.5) is 16.3 Å². The normalized spacial score (nSPS) is 18.4. The summed E-state index contributed by atoms with van der Waals surface area (Å²) in [5.41, 5.74) is 0.321. The first-order valence-corrected chi connectivity index (χ1v) is 8.32. The molecule has 0 aliphatic carbocycles. The number of nitrogens with zero attached hydrogens (tertiary/aromatic N) is 6. The van der Waals surface area contributed by atoms with Crippen LogP contribution in [-0.2, 0) is 9.47 Å². The first-order valence-electron chi connectivity index (χ1n) is 8.32. The second-order valence-corrected chi connectivity index (χ2v) is 5.81. The number of halogens is 1. The van der Waals surface area contributed by atoms with Crippen molar-refractivity contribution in [3.63, 3.8) is 0 Å². The molecule has 25 heavy (non-hydrogen) atoms. The van der Waals surface area contributed by atoms with Gasteiger partial charge < -0.3 is 19.3 Å². The van der Waals surface area contributed by atoms with Crippen molar-refractivity contribution < 1.29 is 13.9 Å². The number of hydrogen-bond acceptors (Lipinski definition) is 8. The second kappa shape index (κ2) is 7.24. The molecule has 4 heterocycles. The van der Waals surface area contributed by atoms with Crippen LogP contribution in [0.3, 0.4) is 0 Å². The SMILES string of the molecule is Fc1cnccc1-c1nc(N2CCOCC2)nc(N2CCOCC2)n1. The van der Waals surface area contributed by atoms with Crippen molar-refractivity contribution in [2.45, 2.75) is 0 Å². The molecule has 2 aromatic heterocycles. The van der Waals surface area contributed by atoms with Crippen LogP contribution < -0.4 is 9.80 Å². The summed E-state index contributed by atoms with van der Waals surface area (Å²) in [7, 11) is 0. The molecule has 0 saturated carbocycles. The maximum atomic E-state index is 14.2. The summed E-state index contributed by atoms with van der Waals surface area (Å²) in [6.45, 7) is 5.29. The Balaban J connectivity index is 1.75. The van der Waals surface area contributed by atoms with E-state index in [0.29, 0.717) is 75.9 Å². The van der Waals surface area contributed by atoms with E-state index >= 15 is 0 Å². The van der Waals surface area contributed by atoms with Crippen LogP contribution in [0.25, 0.3) is 11.4 Å². The van der Waals surface area contributed by atoms with Crippen LogP contribution in [0.15, 0.2) is 18.5 Å². The van der Waals surface area contributed by atoms with E-state index in [-0.39, 0.29) is 0 Å². The smallest absolute Gasteiger partial charge is 0.230 e. The van der Waals surface area contributed by atoms with E-state index in [9.17, 15) is 4.39 Å². The van der Waals surface area contributed by atoms with Crippen molar-refractivity contribution in [2.75, 3.05) is 62.4 Å². The summed E-state index contributed by atoms with van der Waals surface area (Å²) in [6.07, 6.45) is 2.70. The summed E-state index contributed by atoms with van der Waals surface area (Å²) < 4.78 is 25.0. The molecule has 4 rings (SSSR count). The van der Waals surface area contributed by atoms with E-state index in [1.807, 2.05) is 9.80 Å². The Kier molecular flexibility index (Phi) is 4.66. The Morgan fingerprint density at radius 3 is 1.92 bits per heavy atom. The molecule has 0 aromatic carbocycles. The average molecular weight is 346 g/mol. The van der Waals surface area contributed by atoms with Crippen LogP contribution in [0.1, 0.15) is 0 Å². The van der Waals surface area contributed by atoms with Gasteiger partial charge in [0.15, 0.2) is 11.6 Å². The quantitative estimate of drug-likeness (QED) is 0.806. The van der Waals surface area contributed by atoms with Crippen molar-refractivity contribution >= 4 is 11.9 Å². The third kappa shape index (κ3) is 3.52. The highest BCUT2D eigenvalue weighted by Crippen LogP contribution is 2.24. The van der Waals surface area contributed by atoms with Crippen LogP contribution >= 0.6 is 0 Å². The molecule has 0 N–H and O–H groups in total. The van der Waals surface area contributed by atoms with Gasteiger partial charge in [0.2, 0.25) is 11.9 Å². The number of pyridine rings is 1. The van der Waals surface area contributed by atoms with Gasteiger partial charge in [0, 0.05) is 32.4 Å². The number of aromatic nitrogens is 4. The second-order valence-electron chi connectivity index (χ2n) is 5.81. The Morgan fingerprint density at radius 2 is 1.40 bits per heavy atom. The molecule has 2 fully saturated rings. The van der Waals surface area contributed by atoms with Crippen LogP contribution in [0.5, 0.6) is 0 Å². The third-order valence-corrected chi connectivity index (χ3v) is 4.21. The number of anilines is 2. The highest BCUT2D eigenvalue weighted by molar-refractivity contribution is 5.58. The lowest BCUT2D eigenvalue weighted by Gasteiger charge is -2.30. The highest BCUT2D eigenvalue weighted by Gasteiger charge is 2.22. The number of ether oxygens (including phenoxy) is 2. The van der Waals surface area contributed by atoms with Gasteiger partial charge in [0.1, 0.15) is 0 Å². The van der Waals surface area contributed by atoms with Gasteiger partial charge in [0.25, 0.3) is 0 Å². The van der Waals surface area contributed by atoms with Gasteiger partial charge in [-0.3, -0.25) is 4.98 Å². The fourth-order valence-electron chi connectivity index (χ4n) is 2.84. The molecule has 2 aliphatic rings. The first kappa shape index (κ1) is 16.1. The maximum Gasteiger partial charge on any atom is 0.230 e. The largest absolute Gasteiger partial charge is 0.378 e. The molecule has 0 bridgehead atoms. The zero-order valence-electron chi connectivity index (χ0n) is 13.8. The lowest BCUT2D eigenvalue weighted by molar-refractivity contribution is 0.121. The zero-order chi connectivity index (χ0) is 17.1. The van der Waals surface area contributed by atoms with Gasteiger partial charge in [-0.25, -0.2) is 4.39 Å². The van der Waals surface area contributed by atoms with Gasteiger partial charge in [-0.2, -0.15) is 15.0 Å². The monoisotopic (exact) mass is 346 g/mol. The minimum absolute atomic E-state index is 0.317. The molecule has 2 aliphatic heterocycles. The number of morpholine rings is 2. The molecule has 0 spiro atoms. The predicted octanol–water partition coefficient (Wildman–Crippen LogP) is 0.746. The van der Waals surface area contributed by atoms with Gasteiger partial charge in [-0.1, -0.05) is 0 Å². The average Bonchev–Trinajstić information content (AvgIpc) is 2.69. The molecule has 2 aromatic rings. The van der Waals surface area contributed by atoms with Crippen molar-refractivity contribution in [1.82, 2.24) is 19.9 Å². The van der Waals surface area contributed by atoms with Crippen molar-refractivity contribution in [3.05, 3.63) is 24.3 Å². The molecular formula is C16H19FN6O2. The van der Waals surface area contributed by atoms with Gasteiger partial charge in [0.05, 0.1) is 38.2 Å². The summed E-state index contributed by atoms with van der Waals surface area (Å²) in [6, 6.07) is 1.58. The summed E-state index contributed by atoms with van der Waals surface area (Å²) >= 11 is 0. The molecular weight excluding hydrogens is 327 g/mol. The summed E-state index contributed by atoms with van der Waals surface area (Å²) in [4.78, 5) is 21.5. The molecule has 0 atom stereocenters. The summed E-state index contributed by atoms with van der Waals surface area (Å²) in [5.74, 6) is 0.962. The van der Waals surface area contributed by atoms with Gasteiger partial charge in [-0.15, -0.1) is 0 Å². The zero-order valence-corrected chi connectivity index (χ0v) is 13.8. The molecule has 0 amide bonds. The Labute approximate surface area is 144 Å². The molecule has 2 saturated heterocycles. The molecule has 8 nitrogen and oxygen atoms in total. The summed E-state index contributed by atoms with van der Waals surface area (Å²) in [5, 5.41) is 0. The lowest BCUT2D eigenvalue weighted by atomic mass is 10.2. The minimum atomic E-state index is -0.449. The molecule has 0 unspecified atom stereocenters. The Hall–Kier alpha value is -2.39. The minimum Gasteiger partial charge on any atom is -0.378 e. The van der Waals surface area contributed by atoms with E-state index in [0.717, 1.165) is 0 Å². The van der Waals surface area contributed by atoms with E-state index in [2.05, 4.69) is 19.9 Å².